The van der Waals surface area contributed by atoms with Crippen molar-refractivity contribution in [3.05, 3.63) is 17.5 Å². The Morgan fingerprint density at radius 2 is 2.19 bits per heavy atom. The van der Waals surface area contributed by atoms with E-state index in [-0.39, 0.29) is 0 Å². The molecule has 1 aliphatic carbocycles. The molecule has 0 spiro atoms. The van der Waals surface area contributed by atoms with Crippen molar-refractivity contribution >= 4 is 0 Å². The third-order valence-corrected chi connectivity index (χ3v) is 5.61. The van der Waals surface area contributed by atoms with Gasteiger partial charge in [0.1, 0.15) is 0 Å². The summed E-state index contributed by atoms with van der Waals surface area (Å²) in [7, 11) is 0. The summed E-state index contributed by atoms with van der Waals surface area (Å²) < 4.78 is 2.19. The second-order valence-electron chi connectivity index (χ2n) is 8.65. The van der Waals surface area contributed by atoms with Crippen molar-refractivity contribution in [2.24, 2.45) is 10.8 Å². The minimum absolute atomic E-state index is 0.504. The van der Waals surface area contributed by atoms with Crippen LogP contribution < -0.4 is 5.32 Å². The first kappa shape index (κ1) is 13.8. The molecule has 1 aromatic rings. The van der Waals surface area contributed by atoms with Crippen LogP contribution in [0.2, 0.25) is 0 Å². The average molecular weight is 288 g/mol. The molecular formula is C17H28N4. The van der Waals surface area contributed by atoms with Gasteiger partial charge in [0, 0.05) is 32.2 Å². The van der Waals surface area contributed by atoms with Crippen LogP contribution in [0.4, 0.5) is 0 Å². The number of nitrogens with zero attached hydrogens (tertiary/aromatic N) is 3. The molecule has 4 heteroatoms. The Morgan fingerprint density at radius 3 is 3.00 bits per heavy atom. The Morgan fingerprint density at radius 1 is 1.33 bits per heavy atom. The predicted molar refractivity (Wildman–Crippen MR) is 83.9 cm³/mol. The first-order valence-electron chi connectivity index (χ1n) is 8.43. The van der Waals surface area contributed by atoms with Crippen molar-refractivity contribution in [2.75, 3.05) is 13.1 Å². The maximum Gasteiger partial charge on any atom is 0.0768 e. The normalized spacial score (nSPS) is 34.9. The number of nitrogens with one attached hydrogen (secondary N) is 1. The number of rotatable bonds is 2. The summed E-state index contributed by atoms with van der Waals surface area (Å²) in [4.78, 5) is 2.70. The van der Waals surface area contributed by atoms with E-state index < -0.39 is 0 Å². The lowest BCUT2D eigenvalue weighted by atomic mass is 9.65. The lowest BCUT2D eigenvalue weighted by Gasteiger charge is -2.39. The zero-order valence-corrected chi connectivity index (χ0v) is 13.7. The topological polar surface area (TPSA) is 33.1 Å². The van der Waals surface area contributed by atoms with Crippen LogP contribution in [0.3, 0.4) is 0 Å². The molecule has 116 valence electrons. The molecular weight excluding hydrogens is 260 g/mol. The van der Waals surface area contributed by atoms with Crippen LogP contribution in [0, 0.1) is 10.8 Å². The highest BCUT2D eigenvalue weighted by Crippen LogP contribution is 2.52. The van der Waals surface area contributed by atoms with Crippen molar-refractivity contribution in [3.63, 3.8) is 0 Å². The van der Waals surface area contributed by atoms with E-state index in [4.69, 9.17) is 5.10 Å². The number of aromatic nitrogens is 2. The highest BCUT2D eigenvalue weighted by molar-refractivity contribution is 5.13. The van der Waals surface area contributed by atoms with E-state index in [1.54, 1.807) is 0 Å². The Bertz CT molecular complexity index is 523. The van der Waals surface area contributed by atoms with Gasteiger partial charge in [0.15, 0.2) is 0 Å². The van der Waals surface area contributed by atoms with Crippen LogP contribution >= 0.6 is 0 Å². The molecule has 2 atom stereocenters. The molecule has 0 unspecified atom stereocenters. The van der Waals surface area contributed by atoms with Crippen LogP contribution in [0.1, 0.15) is 51.4 Å². The van der Waals surface area contributed by atoms with Crippen molar-refractivity contribution in [3.8, 4) is 0 Å². The fourth-order valence-corrected chi connectivity index (χ4v) is 5.30. The molecule has 21 heavy (non-hydrogen) atoms. The molecule has 4 nitrogen and oxygen atoms in total. The minimum atomic E-state index is 0.504. The summed E-state index contributed by atoms with van der Waals surface area (Å²) >= 11 is 0. The number of hydrogen-bond donors (Lipinski definition) is 1. The molecule has 1 aromatic heterocycles. The Balaban J connectivity index is 1.52. The lowest BCUT2D eigenvalue weighted by Crippen LogP contribution is -2.34. The molecule has 2 fully saturated rings. The van der Waals surface area contributed by atoms with Gasteiger partial charge in [-0.3, -0.25) is 9.58 Å². The standard InChI is InChI=1S/C17H28N4/c1-16(2)7-15-8-17(3,11-16)12-20(15)10-13-6-14-9-18-4-5-21(14)19-13/h6,15,18H,4-5,7-12H2,1-3H3/t15-,17-/m1/s1. The molecule has 0 aromatic carbocycles. The predicted octanol–water partition coefficient (Wildman–Crippen LogP) is 2.39. The summed E-state index contributed by atoms with van der Waals surface area (Å²) in [6.45, 7) is 12.7. The van der Waals surface area contributed by atoms with E-state index in [0.717, 1.165) is 32.2 Å². The monoisotopic (exact) mass is 288 g/mol. The van der Waals surface area contributed by atoms with Gasteiger partial charge in [-0.1, -0.05) is 20.8 Å². The summed E-state index contributed by atoms with van der Waals surface area (Å²) in [5.74, 6) is 0. The lowest BCUT2D eigenvalue weighted by molar-refractivity contribution is 0.126. The average Bonchev–Trinajstić information content (AvgIpc) is 2.86. The van der Waals surface area contributed by atoms with Crippen molar-refractivity contribution in [1.29, 1.82) is 0 Å². The van der Waals surface area contributed by atoms with Crippen LogP contribution in [-0.4, -0.2) is 33.8 Å². The molecule has 1 saturated carbocycles. The number of hydrogen-bond acceptors (Lipinski definition) is 3. The second kappa shape index (κ2) is 4.56. The summed E-state index contributed by atoms with van der Waals surface area (Å²) in [6.07, 6.45) is 4.10. The van der Waals surface area contributed by atoms with Gasteiger partial charge in [-0.25, -0.2) is 0 Å². The van der Waals surface area contributed by atoms with E-state index in [1.165, 1.54) is 37.2 Å². The van der Waals surface area contributed by atoms with Crippen LogP contribution in [0.25, 0.3) is 0 Å². The smallest absolute Gasteiger partial charge is 0.0768 e. The third-order valence-electron chi connectivity index (χ3n) is 5.61. The van der Waals surface area contributed by atoms with Crippen molar-refractivity contribution in [2.45, 2.75) is 65.7 Å². The first-order chi connectivity index (χ1) is 9.93. The summed E-state index contributed by atoms with van der Waals surface area (Å²) in [5, 5.41) is 8.25. The third kappa shape index (κ3) is 2.53. The highest BCUT2D eigenvalue weighted by Gasteiger charge is 2.49. The van der Waals surface area contributed by atoms with Crippen LogP contribution in [-0.2, 0) is 19.6 Å². The fourth-order valence-electron chi connectivity index (χ4n) is 5.30. The first-order valence-corrected chi connectivity index (χ1v) is 8.43. The van der Waals surface area contributed by atoms with Gasteiger partial charge in [-0.2, -0.15) is 5.10 Å². The van der Waals surface area contributed by atoms with E-state index in [9.17, 15) is 0 Å². The zero-order chi connectivity index (χ0) is 14.7. The maximum atomic E-state index is 4.82. The van der Waals surface area contributed by atoms with Gasteiger partial charge in [0.25, 0.3) is 0 Å². The molecule has 2 bridgehead atoms. The summed E-state index contributed by atoms with van der Waals surface area (Å²) in [5.41, 5.74) is 3.64. The molecule has 3 heterocycles. The van der Waals surface area contributed by atoms with E-state index in [0.29, 0.717) is 10.8 Å². The van der Waals surface area contributed by atoms with E-state index in [2.05, 4.69) is 41.7 Å². The van der Waals surface area contributed by atoms with Gasteiger partial charge >= 0.3 is 0 Å². The number of likely N-dealkylation sites (tertiary alicyclic amines) is 1. The van der Waals surface area contributed by atoms with Crippen LogP contribution in [0.5, 0.6) is 0 Å². The van der Waals surface area contributed by atoms with E-state index in [1.807, 2.05) is 0 Å². The molecule has 3 aliphatic rings. The SMILES string of the molecule is CC1(C)C[C@@H]2C[C@@](C)(CN2Cc2cc3n(n2)CCNC3)C1. The van der Waals surface area contributed by atoms with Gasteiger partial charge in [-0.05, 0) is 36.2 Å². The Kier molecular flexibility index (Phi) is 2.99. The zero-order valence-electron chi connectivity index (χ0n) is 13.7. The molecule has 1 saturated heterocycles. The van der Waals surface area contributed by atoms with E-state index >= 15 is 0 Å². The molecule has 0 amide bonds. The highest BCUT2D eigenvalue weighted by atomic mass is 15.3. The molecule has 0 radical (unpaired) electrons. The molecule has 4 rings (SSSR count). The number of fused-ring (bicyclic) bond motifs is 3. The van der Waals surface area contributed by atoms with Crippen molar-refractivity contribution < 1.29 is 0 Å². The fraction of sp³-hybridized carbons (Fsp3) is 0.824. The van der Waals surface area contributed by atoms with Gasteiger partial charge in [0.2, 0.25) is 0 Å². The Hall–Kier alpha value is -0.870. The van der Waals surface area contributed by atoms with Crippen LogP contribution in [0.15, 0.2) is 6.07 Å². The van der Waals surface area contributed by atoms with Gasteiger partial charge in [0.05, 0.1) is 17.9 Å². The Labute approximate surface area is 127 Å². The van der Waals surface area contributed by atoms with Gasteiger partial charge < -0.3 is 5.32 Å². The molecule has 1 N–H and O–H groups in total. The quantitative estimate of drug-likeness (QED) is 0.907. The second-order valence-corrected chi connectivity index (χ2v) is 8.65. The maximum absolute atomic E-state index is 4.82. The van der Waals surface area contributed by atoms with Crippen molar-refractivity contribution in [1.82, 2.24) is 20.0 Å². The minimum Gasteiger partial charge on any atom is -0.309 e. The largest absolute Gasteiger partial charge is 0.309 e. The summed E-state index contributed by atoms with van der Waals surface area (Å²) in [6, 6.07) is 3.07. The van der Waals surface area contributed by atoms with Gasteiger partial charge in [-0.15, -0.1) is 0 Å². The molecule has 2 aliphatic heterocycles.